The predicted molar refractivity (Wildman–Crippen MR) is 142 cm³/mol. The standard InChI is InChI=1S/C29H28N2OS/c1-5-6-8-12-20(3)27-21(4)31(29(33-27)22-13-9-7-10-14-22)25-19(2)16-17-23-24-15-11-18-30-28(24)32-26(23)25/h5-18,21,27,29H,3H2,1-2,4H3/b6-5-,12-8-/t21-,27?,29?/m0/s1. The van der Waals surface area contributed by atoms with Crippen LogP contribution in [0, 0.1) is 6.92 Å². The van der Waals surface area contributed by atoms with E-state index < -0.39 is 0 Å². The van der Waals surface area contributed by atoms with Crippen LogP contribution in [0.3, 0.4) is 0 Å². The molecule has 0 N–H and O–H groups in total. The zero-order valence-corrected chi connectivity index (χ0v) is 20.0. The van der Waals surface area contributed by atoms with Crippen LogP contribution >= 0.6 is 11.8 Å². The average molecular weight is 453 g/mol. The summed E-state index contributed by atoms with van der Waals surface area (Å²) in [5, 5.41) is 2.58. The van der Waals surface area contributed by atoms with E-state index in [0.29, 0.717) is 5.71 Å². The van der Waals surface area contributed by atoms with Gasteiger partial charge in [-0.2, -0.15) is 0 Å². The Morgan fingerprint density at radius 1 is 1.06 bits per heavy atom. The summed E-state index contributed by atoms with van der Waals surface area (Å²) in [4.78, 5) is 7.00. The zero-order chi connectivity index (χ0) is 22.9. The summed E-state index contributed by atoms with van der Waals surface area (Å²) in [5.74, 6) is 0. The van der Waals surface area contributed by atoms with Gasteiger partial charge >= 0.3 is 0 Å². The minimum atomic E-state index is 0.156. The second-order valence-electron chi connectivity index (χ2n) is 8.49. The highest BCUT2D eigenvalue weighted by Gasteiger charge is 2.42. The molecule has 4 aromatic rings. The van der Waals surface area contributed by atoms with Crippen molar-refractivity contribution >= 4 is 39.5 Å². The van der Waals surface area contributed by atoms with E-state index in [4.69, 9.17) is 4.42 Å². The number of furan rings is 1. The van der Waals surface area contributed by atoms with Gasteiger partial charge in [-0.25, -0.2) is 4.98 Å². The van der Waals surface area contributed by atoms with Crippen molar-refractivity contribution < 1.29 is 4.42 Å². The van der Waals surface area contributed by atoms with Gasteiger partial charge in [0.1, 0.15) is 5.37 Å². The monoisotopic (exact) mass is 452 g/mol. The molecule has 5 rings (SSSR count). The molecular weight excluding hydrogens is 424 g/mol. The molecule has 3 nitrogen and oxygen atoms in total. The van der Waals surface area contributed by atoms with Gasteiger partial charge in [-0.15, -0.1) is 11.8 Å². The van der Waals surface area contributed by atoms with Gasteiger partial charge in [0.25, 0.3) is 0 Å². The zero-order valence-electron chi connectivity index (χ0n) is 19.2. The van der Waals surface area contributed by atoms with Crippen LogP contribution in [0.15, 0.2) is 102 Å². The molecule has 1 aliphatic heterocycles. The average Bonchev–Trinajstić information content (AvgIpc) is 3.38. The Labute approximate surface area is 199 Å². The molecule has 0 saturated carbocycles. The number of pyridine rings is 1. The number of fused-ring (bicyclic) bond motifs is 3. The first-order valence-corrected chi connectivity index (χ1v) is 12.3. The first-order valence-electron chi connectivity index (χ1n) is 11.3. The highest BCUT2D eigenvalue weighted by Crippen LogP contribution is 2.53. The van der Waals surface area contributed by atoms with Crippen LogP contribution < -0.4 is 4.90 Å². The number of thioether (sulfide) groups is 1. The van der Waals surface area contributed by atoms with Gasteiger partial charge in [-0.3, -0.25) is 0 Å². The fraction of sp³-hybridized carbons (Fsp3) is 0.207. The van der Waals surface area contributed by atoms with E-state index in [-0.39, 0.29) is 16.7 Å². The molecule has 3 heterocycles. The van der Waals surface area contributed by atoms with Crippen molar-refractivity contribution in [2.24, 2.45) is 0 Å². The van der Waals surface area contributed by atoms with Crippen LogP contribution in [-0.2, 0) is 0 Å². The quantitative estimate of drug-likeness (QED) is 0.287. The predicted octanol–water partition coefficient (Wildman–Crippen LogP) is 7.99. The summed E-state index contributed by atoms with van der Waals surface area (Å²) < 4.78 is 6.38. The van der Waals surface area contributed by atoms with Crippen molar-refractivity contribution in [2.45, 2.75) is 37.4 Å². The number of allylic oxidation sites excluding steroid dienone is 4. The van der Waals surface area contributed by atoms with Crippen molar-refractivity contribution in [3.63, 3.8) is 0 Å². The normalized spacial score (nSPS) is 21.2. The van der Waals surface area contributed by atoms with Crippen LogP contribution in [0.4, 0.5) is 5.69 Å². The third-order valence-corrected chi connectivity index (χ3v) is 8.07. The third kappa shape index (κ3) is 3.79. The second-order valence-corrected chi connectivity index (χ2v) is 9.72. The lowest BCUT2D eigenvalue weighted by Crippen LogP contribution is -2.34. The van der Waals surface area contributed by atoms with Crippen molar-refractivity contribution in [1.29, 1.82) is 0 Å². The lowest BCUT2D eigenvalue weighted by atomic mass is 10.0. The smallest absolute Gasteiger partial charge is 0.227 e. The molecule has 4 heteroatoms. The Morgan fingerprint density at radius 2 is 1.88 bits per heavy atom. The second kappa shape index (κ2) is 8.95. The van der Waals surface area contributed by atoms with Gasteiger partial charge in [-0.1, -0.05) is 73.3 Å². The first-order chi connectivity index (χ1) is 16.1. The molecule has 0 bridgehead atoms. The Hall–Kier alpha value is -3.24. The lowest BCUT2D eigenvalue weighted by molar-refractivity contribution is 0.633. The van der Waals surface area contributed by atoms with E-state index >= 15 is 0 Å². The molecule has 1 saturated heterocycles. The summed E-state index contributed by atoms with van der Waals surface area (Å²) in [5.41, 5.74) is 6.36. The number of aromatic nitrogens is 1. The maximum Gasteiger partial charge on any atom is 0.227 e. The lowest BCUT2D eigenvalue weighted by Gasteiger charge is -2.32. The number of rotatable bonds is 5. The van der Waals surface area contributed by atoms with E-state index in [9.17, 15) is 0 Å². The van der Waals surface area contributed by atoms with Crippen LogP contribution in [0.1, 0.15) is 30.3 Å². The molecule has 0 spiro atoms. The van der Waals surface area contributed by atoms with E-state index in [0.717, 1.165) is 27.6 Å². The van der Waals surface area contributed by atoms with Gasteiger partial charge < -0.3 is 9.32 Å². The van der Waals surface area contributed by atoms with Crippen LogP contribution in [0.25, 0.3) is 22.1 Å². The number of hydrogen-bond donors (Lipinski definition) is 0. The fourth-order valence-electron chi connectivity index (χ4n) is 4.72. The molecule has 2 unspecified atom stereocenters. The summed E-state index contributed by atoms with van der Waals surface area (Å²) in [7, 11) is 0. The molecule has 1 fully saturated rings. The highest BCUT2D eigenvalue weighted by atomic mass is 32.2. The molecule has 166 valence electrons. The number of anilines is 1. The molecule has 2 aromatic heterocycles. The van der Waals surface area contributed by atoms with E-state index in [2.05, 4.69) is 91.0 Å². The Morgan fingerprint density at radius 3 is 2.67 bits per heavy atom. The Balaban J connectivity index is 1.68. The summed E-state index contributed by atoms with van der Waals surface area (Å²) >= 11 is 1.96. The van der Waals surface area contributed by atoms with Gasteiger partial charge in [-0.05, 0) is 49.6 Å². The van der Waals surface area contributed by atoms with E-state index in [1.54, 1.807) is 6.20 Å². The van der Waals surface area contributed by atoms with Crippen molar-refractivity contribution in [1.82, 2.24) is 4.98 Å². The van der Waals surface area contributed by atoms with Gasteiger partial charge in [0, 0.05) is 23.0 Å². The molecule has 1 aliphatic rings. The van der Waals surface area contributed by atoms with Crippen molar-refractivity contribution in [3.05, 3.63) is 108 Å². The Bertz CT molecular complexity index is 1370. The summed E-state index contributed by atoms with van der Waals surface area (Å²) in [6.07, 6.45) is 10.1. The maximum atomic E-state index is 6.38. The molecule has 0 aliphatic carbocycles. The topological polar surface area (TPSA) is 29.3 Å². The van der Waals surface area contributed by atoms with E-state index in [1.165, 1.54) is 11.1 Å². The molecule has 33 heavy (non-hydrogen) atoms. The van der Waals surface area contributed by atoms with Crippen LogP contribution in [0.5, 0.6) is 0 Å². The third-order valence-electron chi connectivity index (χ3n) is 6.32. The van der Waals surface area contributed by atoms with Crippen LogP contribution in [-0.4, -0.2) is 16.3 Å². The summed E-state index contributed by atoms with van der Waals surface area (Å²) in [6, 6.07) is 19.4. The largest absolute Gasteiger partial charge is 0.436 e. The number of aryl methyl sites for hydroxylation is 1. The number of hydrogen-bond acceptors (Lipinski definition) is 4. The van der Waals surface area contributed by atoms with Gasteiger partial charge in [0.05, 0.1) is 10.9 Å². The van der Waals surface area contributed by atoms with Crippen molar-refractivity contribution in [3.8, 4) is 0 Å². The Kier molecular flexibility index (Phi) is 5.86. The van der Waals surface area contributed by atoms with Gasteiger partial charge in [0.15, 0.2) is 5.58 Å². The molecule has 3 atom stereocenters. The first kappa shape index (κ1) is 21.6. The minimum absolute atomic E-state index is 0.156. The van der Waals surface area contributed by atoms with Gasteiger partial charge in [0.2, 0.25) is 5.71 Å². The highest BCUT2D eigenvalue weighted by molar-refractivity contribution is 8.00. The van der Waals surface area contributed by atoms with E-state index in [1.807, 2.05) is 36.9 Å². The molecular formula is C29H28N2OS. The maximum absolute atomic E-state index is 6.38. The number of benzene rings is 2. The van der Waals surface area contributed by atoms with Crippen molar-refractivity contribution in [2.75, 3.05) is 4.90 Å². The van der Waals surface area contributed by atoms with Crippen LogP contribution in [0.2, 0.25) is 0 Å². The SMILES string of the molecule is C=C(/C=C\C=C/C)C1SC(c2ccccc2)N(c2c(C)ccc3c2oc2ncccc23)[C@H]1C. The summed E-state index contributed by atoms with van der Waals surface area (Å²) in [6.45, 7) is 10.9. The minimum Gasteiger partial charge on any atom is -0.436 e. The number of nitrogens with zero attached hydrogens (tertiary/aromatic N) is 2. The fourth-order valence-corrected chi connectivity index (χ4v) is 6.35. The molecule has 0 amide bonds. The molecule has 2 aromatic carbocycles. The molecule has 0 radical (unpaired) electrons.